The van der Waals surface area contributed by atoms with Crippen LogP contribution >= 0.6 is 35.1 Å². The SMILES string of the molecule is CC.CSNc1ncc2cc(-c3cnn(C(C)c4cc(Cl)c(OCCCl)c(C#N)c4)c3)ccc2n1. The van der Waals surface area contributed by atoms with Gasteiger partial charge in [0, 0.05) is 29.6 Å². The molecule has 4 rings (SSSR count). The quantitative estimate of drug-likeness (QED) is 0.195. The molecule has 4 aromatic rings. The predicted molar refractivity (Wildman–Crippen MR) is 145 cm³/mol. The van der Waals surface area contributed by atoms with Crippen LogP contribution < -0.4 is 9.46 Å². The van der Waals surface area contributed by atoms with E-state index >= 15 is 0 Å². The molecule has 0 bridgehead atoms. The van der Waals surface area contributed by atoms with Gasteiger partial charge in [-0.05, 0) is 42.3 Å². The Hall–Kier alpha value is -2.99. The summed E-state index contributed by atoms with van der Waals surface area (Å²) in [4.78, 5) is 8.84. The minimum atomic E-state index is -0.144. The second kappa shape index (κ2) is 12.6. The number of benzene rings is 2. The third-order valence-corrected chi connectivity index (χ3v) is 5.92. The fraction of sp³-hybridized carbons (Fsp3) is 0.280. The number of halogens is 2. The molecule has 1 atom stereocenters. The number of nitrogens with zero attached hydrogens (tertiary/aromatic N) is 5. The van der Waals surface area contributed by atoms with Gasteiger partial charge in [0.15, 0.2) is 5.75 Å². The molecule has 2 heterocycles. The van der Waals surface area contributed by atoms with Crippen LogP contribution in [0.2, 0.25) is 5.02 Å². The van der Waals surface area contributed by atoms with Crippen molar-refractivity contribution in [2.45, 2.75) is 26.8 Å². The number of hydrogen-bond acceptors (Lipinski definition) is 7. The second-order valence-electron chi connectivity index (χ2n) is 7.19. The predicted octanol–water partition coefficient (Wildman–Crippen LogP) is 6.96. The van der Waals surface area contributed by atoms with Crippen LogP contribution in [0, 0.1) is 11.3 Å². The third kappa shape index (κ3) is 6.17. The first kappa shape index (κ1) is 26.6. The van der Waals surface area contributed by atoms with Gasteiger partial charge in [0.05, 0.1) is 34.2 Å². The molecule has 1 unspecified atom stereocenters. The molecule has 35 heavy (non-hydrogen) atoms. The summed E-state index contributed by atoms with van der Waals surface area (Å²) < 4.78 is 10.4. The van der Waals surface area contributed by atoms with Crippen LogP contribution in [0.15, 0.2) is 48.9 Å². The number of hydrogen-bond donors (Lipinski definition) is 1. The number of fused-ring (bicyclic) bond motifs is 1. The second-order valence-corrected chi connectivity index (χ2v) is 8.58. The zero-order valence-corrected chi connectivity index (χ0v) is 22.2. The standard InChI is InChI=1S/C23H20Cl2N6OS.C2H6/c1-14(16-8-17(10-26)22(20(25)9-16)32-6-5-24)31-13-19(12-28-31)15-3-4-21-18(7-15)11-27-23(29-21)30-33-2;1-2/h3-4,7-9,11-14H,5-6H2,1-2H3,(H,27,29,30);1-2H3. The largest absolute Gasteiger partial charge is 0.489 e. The number of ether oxygens (including phenoxy) is 1. The van der Waals surface area contributed by atoms with Gasteiger partial charge in [-0.2, -0.15) is 10.4 Å². The molecule has 0 aliphatic heterocycles. The Bertz CT molecular complexity index is 1340. The summed E-state index contributed by atoms with van der Waals surface area (Å²) in [5, 5.41) is 15.4. The maximum absolute atomic E-state index is 9.55. The van der Waals surface area contributed by atoms with Crippen molar-refractivity contribution in [3.63, 3.8) is 0 Å². The molecule has 0 fully saturated rings. The van der Waals surface area contributed by atoms with E-state index in [-0.39, 0.29) is 12.6 Å². The van der Waals surface area contributed by atoms with Gasteiger partial charge in [-0.15, -0.1) is 11.6 Å². The highest BCUT2D eigenvalue weighted by atomic mass is 35.5. The number of nitrogens with one attached hydrogen (secondary N) is 1. The van der Waals surface area contributed by atoms with Crippen LogP contribution in [0.25, 0.3) is 22.0 Å². The Morgan fingerprint density at radius 3 is 2.71 bits per heavy atom. The molecule has 2 aromatic carbocycles. The third-order valence-electron chi connectivity index (χ3n) is 5.10. The molecule has 0 aliphatic rings. The van der Waals surface area contributed by atoms with Gasteiger partial charge >= 0.3 is 0 Å². The monoisotopic (exact) mass is 528 g/mol. The molecule has 0 saturated heterocycles. The molecule has 0 aliphatic carbocycles. The molecule has 1 N–H and O–H groups in total. The molecule has 10 heteroatoms. The van der Waals surface area contributed by atoms with Crippen LogP contribution in [0.1, 0.15) is 37.9 Å². The lowest BCUT2D eigenvalue weighted by Crippen LogP contribution is -2.08. The number of alkyl halides is 1. The number of rotatable bonds is 8. The van der Waals surface area contributed by atoms with E-state index in [1.807, 2.05) is 62.3 Å². The zero-order chi connectivity index (χ0) is 25.4. The normalized spacial score (nSPS) is 11.3. The van der Waals surface area contributed by atoms with Crippen molar-refractivity contribution < 1.29 is 4.74 Å². The minimum absolute atomic E-state index is 0.144. The summed E-state index contributed by atoms with van der Waals surface area (Å²) in [6.45, 7) is 6.27. The lowest BCUT2D eigenvalue weighted by molar-refractivity contribution is 0.341. The summed E-state index contributed by atoms with van der Waals surface area (Å²) in [6.07, 6.45) is 7.51. The topological polar surface area (TPSA) is 88.6 Å². The highest BCUT2D eigenvalue weighted by Gasteiger charge is 2.17. The van der Waals surface area contributed by atoms with E-state index in [1.54, 1.807) is 18.3 Å². The Balaban J connectivity index is 0.00000167. The first-order valence-corrected chi connectivity index (χ1v) is 13.2. The Morgan fingerprint density at radius 2 is 2.00 bits per heavy atom. The van der Waals surface area contributed by atoms with Crippen molar-refractivity contribution in [3.05, 3.63) is 65.1 Å². The van der Waals surface area contributed by atoms with Gasteiger partial charge in [0.1, 0.15) is 12.7 Å². The molecular weight excluding hydrogens is 503 g/mol. The molecular formula is C25H26Cl2N6OS. The zero-order valence-electron chi connectivity index (χ0n) is 19.9. The van der Waals surface area contributed by atoms with E-state index in [0.717, 1.165) is 27.6 Å². The van der Waals surface area contributed by atoms with Gasteiger partial charge in [-0.1, -0.05) is 43.5 Å². The highest BCUT2D eigenvalue weighted by Crippen LogP contribution is 2.34. The van der Waals surface area contributed by atoms with Crippen LogP contribution in [-0.4, -0.2) is 38.5 Å². The van der Waals surface area contributed by atoms with Gasteiger partial charge in [-0.25, -0.2) is 9.97 Å². The highest BCUT2D eigenvalue weighted by molar-refractivity contribution is 7.99. The van der Waals surface area contributed by atoms with Crippen molar-refractivity contribution in [1.29, 1.82) is 5.26 Å². The van der Waals surface area contributed by atoms with Crippen molar-refractivity contribution >= 4 is 52.0 Å². The van der Waals surface area contributed by atoms with E-state index in [0.29, 0.717) is 28.2 Å². The van der Waals surface area contributed by atoms with E-state index in [2.05, 4.69) is 25.9 Å². The van der Waals surface area contributed by atoms with Crippen LogP contribution in [0.3, 0.4) is 0 Å². The average molecular weight is 529 g/mol. The lowest BCUT2D eigenvalue weighted by atomic mass is 10.0. The summed E-state index contributed by atoms with van der Waals surface area (Å²) in [5.74, 6) is 1.25. The van der Waals surface area contributed by atoms with Gasteiger partial charge in [0.25, 0.3) is 0 Å². The maximum Gasteiger partial charge on any atom is 0.233 e. The lowest BCUT2D eigenvalue weighted by Gasteiger charge is -2.16. The van der Waals surface area contributed by atoms with Gasteiger partial charge < -0.3 is 4.74 Å². The van der Waals surface area contributed by atoms with Crippen LogP contribution in [-0.2, 0) is 0 Å². The van der Waals surface area contributed by atoms with Crippen molar-refractivity contribution in [2.24, 2.45) is 0 Å². The fourth-order valence-corrected chi connectivity index (χ4v) is 4.07. The molecule has 0 amide bonds. The minimum Gasteiger partial charge on any atom is -0.489 e. The summed E-state index contributed by atoms with van der Waals surface area (Å²) in [7, 11) is 0. The molecule has 0 radical (unpaired) electrons. The van der Waals surface area contributed by atoms with E-state index < -0.39 is 0 Å². The van der Waals surface area contributed by atoms with E-state index in [9.17, 15) is 5.26 Å². The van der Waals surface area contributed by atoms with Gasteiger partial charge in [-0.3, -0.25) is 9.40 Å². The first-order valence-electron chi connectivity index (χ1n) is 11.1. The molecule has 182 valence electrons. The fourth-order valence-electron chi connectivity index (χ4n) is 3.43. The Kier molecular flexibility index (Phi) is 9.61. The molecule has 7 nitrogen and oxygen atoms in total. The first-order chi connectivity index (χ1) is 17.0. The van der Waals surface area contributed by atoms with Crippen molar-refractivity contribution in [3.8, 4) is 22.9 Å². The smallest absolute Gasteiger partial charge is 0.233 e. The van der Waals surface area contributed by atoms with Gasteiger partial charge in [0.2, 0.25) is 5.95 Å². The summed E-state index contributed by atoms with van der Waals surface area (Å²) >= 11 is 13.5. The maximum atomic E-state index is 9.55. The van der Waals surface area contributed by atoms with E-state index in [4.69, 9.17) is 27.9 Å². The van der Waals surface area contributed by atoms with E-state index in [1.165, 1.54) is 11.9 Å². The average Bonchev–Trinajstić information content (AvgIpc) is 3.38. The van der Waals surface area contributed by atoms with Crippen LogP contribution in [0.5, 0.6) is 5.75 Å². The Labute approximate surface area is 219 Å². The number of aromatic nitrogens is 4. The summed E-state index contributed by atoms with van der Waals surface area (Å²) in [6, 6.07) is 11.6. The molecule has 0 saturated carbocycles. The summed E-state index contributed by atoms with van der Waals surface area (Å²) in [5.41, 5.74) is 4.05. The Morgan fingerprint density at radius 1 is 1.20 bits per heavy atom. The number of anilines is 1. The number of nitriles is 1. The van der Waals surface area contributed by atoms with Crippen molar-refractivity contribution in [1.82, 2.24) is 19.7 Å². The molecule has 0 spiro atoms. The molecule has 2 aromatic heterocycles. The van der Waals surface area contributed by atoms with Crippen LogP contribution in [0.4, 0.5) is 5.95 Å². The van der Waals surface area contributed by atoms with Crippen molar-refractivity contribution in [2.75, 3.05) is 23.5 Å².